The first-order valence-electron chi connectivity index (χ1n) is 11.9. The molecule has 0 bridgehead atoms. The van der Waals surface area contributed by atoms with Crippen molar-refractivity contribution in [2.45, 2.75) is 52.2 Å². The number of nitro benzene ring substituents is 1. The van der Waals surface area contributed by atoms with Gasteiger partial charge in [-0.05, 0) is 43.5 Å². The molecule has 37 heavy (non-hydrogen) atoms. The number of benzene rings is 2. The van der Waals surface area contributed by atoms with E-state index in [2.05, 4.69) is 5.32 Å². The summed E-state index contributed by atoms with van der Waals surface area (Å²) in [5, 5.41) is 14.1. The summed E-state index contributed by atoms with van der Waals surface area (Å²) in [5.41, 5.74) is 0.379. The lowest BCUT2D eigenvalue weighted by Gasteiger charge is -2.33. The summed E-state index contributed by atoms with van der Waals surface area (Å²) < 4.78 is 31.3. The van der Waals surface area contributed by atoms with E-state index >= 15 is 0 Å². The summed E-state index contributed by atoms with van der Waals surface area (Å²) >= 11 is 0. The minimum Gasteiger partial charge on any atom is -0.497 e. The average molecular weight is 535 g/mol. The molecule has 0 spiro atoms. The van der Waals surface area contributed by atoms with Gasteiger partial charge in [0, 0.05) is 24.7 Å². The number of methoxy groups -OCH3 is 1. The quantitative estimate of drug-likeness (QED) is 0.308. The molecule has 11 nitrogen and oxygen atoms in total. The molecule has 0 aliphatic carbocycles. The van der Waals surface area contributed by atoms with Crippen LogP contribution in [0.4, 0.5) is 11.4 Å². The minimum absolute atomic E-state index is 0.0217. The second-order valence-electron chi connectivity index (χ2n) is 8.66. The van der Waals surface area contributed by atoms with Crippen LogP contribution in [0.5, 0.6) is 5.75 Å². The monoisotopic (exact) mass is 534 g/mol. The molecule has 2 rings (SSSR count). The first-order valence-corrected chi connectivity index (χ1v) is 13.7. The molecule has 0 saturated heterocycles. The van der Waals surface area contributed by atoms with Gasteiger partial charge in [0.15, 0.2) is 0 Å². The molecule has 2 amide bonds. The largest absolute Gasteiger partial charge is 0.497 e. The van der Waals surface area contributed by atoms with E-state index in [0.717, 1.165) is 16.6 Å². The molecular formula is C25H34N4O7S. The lowest BCUT2D eigenvalue weighted by Crippen LogP contribution is -2.53. The zero-order chi connectivity index (χ0) is 27.8. The lowest BCUT2D eigenvalue weighted by atomic mass is 10.1. The van der Waals surface area contributed by atoms with Crippen LogP contribution in [-0.4, -0.2) is 62.0 Å². The van der Waals surface area contributed by atoms with E-state index in [4.69, 9.17) is 4.74 Å². The Morgan fingerprint density at radius 3 is 2.27 bits per heavy atom. The third kappa shape index (κ3) is 8.17. The number of anilines is 1. The molecule has 0 radical (unpaired) electrons. The van der Waals surface area contributed by atoms with Gasteiger partial charge in [0.1, 0.15) is 18.3 Å². The fraction of sp³-hybridized carbons (Fsp3) is 0.440. The van der Waals surface area contributed by atoms with Crippen LogP contribution in [0.15, 0.2) is 48.5 Å². The predicted molar refractivity (Wildman–Crippen MR) is 141 cm³/mol. The highest BCUT2D eigenvalue weighted by Crippen LogP contribution is 2.24. The number of carbonyl (C=O) groups excluding carboxylic acids is 2. The highest BCUT2D eigenvalue weighted by molar-refractivity contribution is 7.92. The van der Waals surface area contributed by atoms with Crippen molar-refractivity contribution in [1.29, 1.82) is 0 Å². The standard InChI is InChI=1S/C25H34N4O7S/c1-6-18(3)26-25(31)23(7-2)27(16-19-11-13-22(36-4)14-12-19)24(30)17-28(37(5,34)35)20-9-8-10-21(15-20)29(32)33/h8-15,18,23H,6-7,16-17H2,1-5H3,(H,26,31). The zero-order valence-electron chi connectivity index (χ0n) is 21.7. The van der Waals surface area contributed by atoms with Crippen molar-refractivity contribution in [3.8, 4) is 5.75 Å². The smallest absolute Gasteiger partial charge is 0.271 e. The number of nitro groups is 1. The molecule has 0 heterocycles. The third-order valence-electron chi connectivity index (χ3n) is 5.91. The van der Waals surface area contributed by atoms with Crippen LogP contribution in [0.2, 0.25) is 0 Å². The maximum Gasteiger partial charge on any atom is 0.271 e. The van der Waals surface area contributed by atoms with Gasteiger partial charge in [-0.25, -0.2) is 8.42 Å². The summed E-state index contributed by atoms with van der Waals surface area (Å²) in [6, 6.07) is 11.0. The van der Waals surface area contributed by atoms with Crippen LogP contribution in [0.3, 0.4) is 0 Å². The topological polar surface area (TPSA) is 139 Å². The van der Waals surface area contributed by atoms with Gasteiger partial charge in [0.05, 0.1) is 24.0 Å². The molecule has 0 aliphatic heterocycles. The van der Waals surface area contributed by atoms with E-state index in [-0.39, 0.29) is 29.9 Å². The van der Waals surface area contributed by atoms with Crippen molar-refractivity contribution in [2.24, 2.45) is 0 Å². The Morgan fingerprint density at radius 1 is 1.11 bits per heavy atom. The summed E-state index contributed by atoms with van der Waals surface area (Å²) in [5.74, 6) is -0.351. The fourth-order valence-corrected chi connectivity index (χ4v) is 4.51. The van der Waals surface area contributed by atoms with Crippen molar-refractivity contribution >= 4 is 33.2 Å². The first-order chi connectivity index (χ1) is 17.4. The predicted octanol–water partition coefficient (Wildman–Crippen LogP) is 3.09. The lowest BCUT2D eigenvalue weighted by molar-refractivity contribution is -0.384. The van der Waals surface area contributed by atoms with Crippen molar-refractivity contribution in [3.05, 3.63) is 64.2 Å². The molecule has 2 aromatic carbocycles. The first kappa shape index (κ1) is 29.6. The van der Waals surface area contributed by atoms with Crippen LogP contribution in [0.1, 0.15) is 39.2 Å². The van der Waals surface area contributed by atoms with E-state index < -0.39 is 33.4 Å². The van der Waals surface area contributed by atoms with Crippen molar-refractivity contribution in [3.63, 3.8) is 0 Å². The number of carbonyl (C=O) groups is 2. The second kappa shape index (κ2) is 13.0. The number of nitrogens with zero attached hydrogens (tertiary/aromatic N) is 3. The van der Waals surface area contributed by atoms with Crippen LogP contribution in [-0.2, 0) is 26.2 Å². The Balaban J connectivity index is 2.47. The SMILES string of the molecule is CCC(C)NC(=O)C(CC)N(Cc1ccc(OC)cc1)C(=O)CN(c1cccc([N+](=O)[O-])c1)S(C)(=O)=O. The number of ether oxygens (including phenoxy) is 1. The number of rotatable bonds is 13. The highest BCUT2D eigenvalue weighted by atomic mass is 32.2. The molecule has 1 N–H and O–H groups in total. The van der Waals surface area contributed by atoms with Crippen LogP contribution in [0.25, 0.3) is 0 Å². The average Bonchev–Trinajstić information content (AvgIpc) is 2.86. The number of hydrogen-bond acceptors (Lipinski definition) is 7. The number of hydrogen-bond donors (Lipinski definition) is 1. The number of non-ortho nitro benzene ring substituents is 1. The van der Waals surface area contributed by atoms with Gasteiger partial charge in [0.2, 0.25) is 21.8 Å². The van der Waals surface area contributed by atoms with Crippen LogP contribution >= 0.6 is 0 Å². The highest BCUT2D eigenvalue weighted by Gasteiger charge is 2.32. The summed E-state index contributed by atoms with van der Waals surface area (Å²) in [6.07, 6.45) is 1.91. The van der Waals surface area contributed by atoms with Gasteiger partial charge >= 0.3 is 0 Å². The van der Waals surface area contributed by atoms with Crippen LogP contribution < -0.4 is 14.4 Å². The Bertz CT molecular complexity index is 1200. The Labute approximate surface area is 217 Å². The van der Waals surface area contributed by atoms with Crippen molar-refractivity contribution in [2.75, 3.05) is 24.2 Å². The van der Waals surface area contributed by atoms with Crippen LogP contribution in [0, 0.1) is 10.1 Å². The number of amides is 2. The van der Waals surface area contributed by atoms with Gasteiger partial charge in [-0.15, -0.1) is 0 Å². The third-order valence-corrected chi connectivity index (χ3v) is 7.05. The summed E-state index contributed by atoms with van der Waals surface area (Å²) in [7, 11) is -2.47. The van der Waals surface area contributed by atoms with Gasteiger partial charge in [-0.2, -0.15) is 0 Å². The summed E-state index contributed by atoms with van der Waals surface area (Å²) in [4.78, 5) is 38.7. The minimum atomic E-state index is -4.00. The van der Waals surface area contributed by atoms with Gasteiger partial charge in [-0.3, -0.25) is 24.0 Å². The number of sulfonamides is 1. The molecule has 2 unspecified atom stereocenters. The maximum absolute atomic E-state index is 13.7. The van der Waals surface area contributed by atoms with E-state index in [1.807, 2.05) is 13.8 Å². The van der Waals surface area contributed by atoms with Gasteiger partial charge < -0.3 is 15.0 Å². The molecule has 202 valence electrons. The van der Waals surface area contributed by atoms with E-state index in [1.54, 1.807) is 31.2 Å². The van der Waals surface area contributed by atoms with E-state index in [0.29, 0.717) is 24.2 Å². The van der Waals surface area contributed by atoms with E-state index in [9.17, 15) is 28.1 Å². The molecule has 2 atom stereocenters. The Morgan fingerprint density at radius 2 is 1.76 bits per heavy atom. The number of nitrogens with one attached hydrogen (secondary N) is 1. The molecule has 0 saturated carbocycles. The van der Waals surface area contributed by atoms with Crippen molar-refractivity contribution in [1.82, 2.24) is 10.2 Å². The van der Waals surface area contributed by atoms with Gasteiger partial charge in [-0.1, -0.05) is 32.0 Å². The van der Waals surface area contributed by atoms with E-state index in [1.165, 1.54) is 30.2 Å². The Kier molecular flexibility index (Phi) is 10.4. The maximum atomic E-state index is 13.7. The molecule has 0 fully saturated rings. The molecule has 2 aromatic rings. The fourth-order valence-electron chi connectivity index (χ4n) is 3.66. The molecule has 0 aromatic heterocycles. The molecular weight excluding hydrogens is 500 g/mol. The zero-order valence-corrected chi connectivity index (χ0v) is 22.5. The Hall–Kier alpha value is -3.67. The second-order valence-corrected chi connectivity index (χ2v) is 10.6. The summed E-state index contributed by atoms with van der Waals surface area (Å²) in [6.45, 7) is 4.96. The molecule has 12 heteroatoms. The molecule has 0 aliphatic rings. The van der Waals surface area contributed by atoms with Gasteiger partial charge in [0.25, 0.3) is 5.69 Å². The normalized spacial score (nSPS) is 12.8. The van der Waals surface area contributed by atoms with Crippen molar-refractivity contribution < 1.29 is 27.7 Å².